The van der Waals surface area contributed by atoms with Gasteiger partial charge < -0.3 is 9.80 Å². The zero-order valence-corrected chi connectivity index (χ0v) is 12.8. The van der Waals surface area contributed by atoms with Crippen molar-refractivity contribution in [3.8, 4) is 0 Å². The molecule has 1 aliphatic rings. The molecule has 0 unspecified atom stereocenters. The van der Waals surface area contributed by atoms with Crippen molar-refractivity contribution < 1.29 is 14.1 Å². The van der Waals surface area contributed by atoms with E-state index in [1.54, 1.807) is 15.9 Å². The van der Waals surface area contributed by atoms with Gasteiger partial charge in [-0.2, -0.15) is 0 Å². The third kappa shape index (κ3) is 3.03. The van der Waals surface area contributed by atoms with Crippen LogP contribution in [-0.2, 0) is 0 Å². The van der Waals surface area contributed by atoms with Gasteiger partial charge in [-0.3, -0.25) is 14.9 Å². The number of nitro groups is 1. The zero-order chi connectivity index (χ0) is 17.1. The minimum absolute atomic E-state index is 0.0368. The first-order chi connectivity index (χ1) is 11.6. The van der Waals surface area contributed by atoms with Crippen LogP contribution in [0.25, 0.3) is 0 Å². The molecule has 0 aliphatic carbocycles. The van der Waals surface area contributed by atoms with Gasteiger partial charge in [-0.1, -0.05) is 12.1 Å². The lowest BCUT2D eigenvalue weighted by atomic mass is 10.1. The van der Waals surface area contributed by atoms with Crippen LogP contribution in [0.2, 0.25) is 0 Å². The first-order valence-corrected chi connectivity index (χ1v) is 7.46. The van der Waals surface area contributed by atoms with E-state index in [0.29, 0.717) is 32.0 Å². The van der Waals surface area contributed by atoms with Gasteiger partial charge in [0.1, 0.15) is 5.82 Å². The first-order valence-electron chi connectivity index (χ1n) is 7.46. The Morgan fingerprint density at radius 3 is 2.50 bits per heavy atom. The second kappa shape index (κ2) is 6.61. The third-order valence-corrected chi connectivity index (χ3v) is 3.93. The van der Waals surface area contributed by atoms with Crippen LogP contribution >= 0.6 is 0 Å². The Balaban J connectivity index is 1.72. The molecule has 124 valence electrons. The molecule has 0 N–H and O–H groups in total. The molecule has 0 bridgehead atoms. The largest absolute Gasteiger partial charge is 0.347 e. The van der Waals surface area contributed by atoms with Crippen molar-refractivity contribution in [3.05, 3.63) is 64.1 Å². The number of carbonyl (C=O) groups is 1. The van der Waals surface area contributed by atoms with Crippen molar-refractivity contribution in [2.75, 3.05) is 31.1 Å². The molecule has 3 rings (SSSR count). The molecular formula is C16H15FN4O3. The van der Waals surface area contributed by atoms with Crippen molar-refractivity contribution in [1.82, 2.24) is 9.88 Å². The summed E-state index contributed by atoms with van der Waals surface area (Å²) in [6.07, 6.45) is 1.50. The molecule has 0 saturated carbocycles. The van der Waals surface area contributed by atoms with Gasteiger partial charge in [0.2, 0.25) is 5.82 Å². The number of halogens is 1. The molecule has 2 heterocycles. The fourth-order valence-corrected chi connectivity index (χ4v) is 2.70. The van der Waals surface area contributed by atoms with Crippen molar-refractivity contribution in [2.24, 2.45) is 0 Å². The van der Waals surface area contributed by atoms with Gasteiger partial charge in [0, 0.05) is 38.4 Å². The Hall–Kier alpha value is -3.03. The number of carbonyl (C=O) groups excluding carboxylic acids is 1. The van der Waals surface area contributed by atoms with Gasteiger partial charge in [0.05, 0.1) is 10.5 Å². The Bertz CT molecular complexity index is 775. The topological polar surface area (TPSA) is 79.6 Å². The lowest BCUT2D eigenvalue weighted by Gasteiger charge is -2.35. The van der Waals surface area contributed by atoms with E-state index in [-0.39, 0.29) is 17.2 Å². The maximum atomic E-state index is 13.7. The summed E-state index contributed by atoms with van der Waals surface area (Å²) in [5, 5.41) is 11.1. The average Bonchev–Trinajstić information content (AvgIpc) is 2.62. The highest BCUT2D eigenvalue weighted by molar-refractivity contribution is 5.94. The van der Waals surface area contributed by atoms with E-state index in [4.69, 9.17) is 0 Å². The molecule has 1 amide bonds. The minimum Gasteiger partial charge on any atom is -0.347 e. The highest BCUT2D eigenvalue weighted by atomic mass is 19.1. The highest BCUT2D eigenvalue weighted by Crippen LogP contribution is 2.26. The van der Waals surface area contributed by atoms with E-state index >= 15 is 0 Å². The second-order valence-electron chi connectivity index (χ2n) is 5.36. The van der Waals surface area contributed by atoms with Crippen LogP contribution in [0, 0.1) is 15.9 Å². The molecule has 0 spiro atoms. The van der Waals surface area contributed by atoms with E-state index in [9.17, 15) is 19.3 Å². The summed E-state index contributed by atoms with van der Waals surface area (Å²) in [4.78, 5) is 30.4. The van der Waals surface area contributed by atoms with Crippen molar-refractivity contribution in [3.63, 3.8) is 0 Å². The zero-order valence-electron chi connectivity index (χ0n) is 12.8. The third-order valence-electron chi connectivity index (χ3n) is 3.93. The molecule has 1 aromatic carbocycles. The van der Waals surface area contributed by atoms with E-state index in [2.05, 4.69) is 4.98 Å². The number of rotatable bonds is 3. The standard InChI is InChI=1S/C16H15FN4O3/c17-13-5-2-1-4-12(13)16(22)20-10-8-19(9-11-20)15-14(21(23)24)6-3-7-18-15/h1-7H,8-11H2. The normalized spacial score (nSPS) is 14.5. The number of nitrogens with zero attached hydrogens (tertiary/aromatic N) is 4. The number of pyridine rings is 1. The maximum Gasteiger partial charge on any atom is 0.311 e. The van der Waals surface area contributed by atoms with Gasteiger partial charge in [0.25, 0.3) is 5.91 Å². The predicted octanol–water partition coefficient (Wildman–Crippen LogP) is 2.09. The number of hydrogen-bond acceptors (Lipinski definition) is 5. The van der Waals surface area contributed by atoms with Crippen LogP contribution in [-0.4, -0.2) is 46.9 Å². The highest BCUT2D eigenvalue weighted by Gasteiger charge is 2.27. The van der Waals surface area contributed by atoms with Crippen molar-refractivity contribution >= 4 is 17.4 Å². The predicted molar refractivity (Wildman–Crippen MR) is 85.4 cm³/mol. The second-order valence-corrected chi connectivity index (χ2v) is 5.36. The number of anilines is 1. The Morgan fingerprint density at radius 2 is 1.83 bits per heavy atom. The fourth-order valence-electron chi connectivity index (χ4n) is 2.70. The molecule has 1 fully saturated rings. The van der Waals surface area contributed by atoms with Gasteiger partial charge >= 0.3 is 5.69 Å². The number of benzene rings is 1. The van der Waals surface area contributed by atoms with Crippen LogP contribution in [0.3, 0.4) is 0 Å². The van der Waals surface area contributed by atoms with Crippen LogP contribution in [0.4, 0.5) is 15.9 Å². The number of hydrogen-bond donors (Lipinski definition) is 0. The van der Waals surface area contributed by atoms with Crippen LogP contribution < -0.4 is 4.90 Å². The lowest BCUT2D eigenvalue weighted by Crippen LogP contribution is -2.49. The van der Waals surface area contributed by atoms with Crippen molar-refractivity contribution in [1.29, 1.82) is 0 Å². The summed E-state index contributed by atoms with van der Waals surface area (Å²) in [7, 11) is 0. The molecule has 2 aromatic rings. The summed E-state index contributed by atoms with van der Waals surface area (Å²) >= 11 is 0. The first kappa shape index (κ1) is 15.9. The van der Waals surface area contributed by atoms with Crippen molar-refractivity contribution in [2.45, 2.75) is 0 Å². The average molecular weight is 330 g/mol. The van der Waals surface area contributed by atoms with E-state index in [1.165, 1.54) is 36.5 Å². The Labute approximate surface area is 137 Å². The summed E-state index contributed by atoms with van der Waals surface area (Å²) in [6, 6.07) is 8.77. The van der Waals surface area contributed by atoms with Gasteiger partial charge in [0.15, 0.2) is 0 Å². The molecule has 7 nitrogen and oxygen atoms in total. The van der Waals surface area contributed by atoms with Gasteiger partial charge in [-0.25, -0.2) is 9.37 Å². The lowest BCUT2D eigenvalue weighted by molar-refractivity contribution is -0.384. The SMILES string of the molecule is O=C(c1ccccc1F)N1CCN(c2ncccc2[N+](=O)[O-])CC1. The number of amides is 1. The van der Waals surface area contributed by atoms with Crippen LogP contribution in [0.5, 0.6) is 0 Å². The summed E-state index contributed by atoms with van der Waals surface area (Å²) < 4.78 is 13.7. The molecule has 8 heteroatoms. The Morgan fingerprint density at radius 1 is 1.12 bits per heavy atom. The smallest absolute Gasteiger partial charge is 0.311 e. The molecule has 1 aromatic heterocycles. The van der Waals surface area contributed by atoms with Crippen LogP contribution in [0.15, 0.2) is 42.6 Å². The maximum absolute atomic E-state index is 13.7. The summed E-state index contributed by atoms with van der Waals surface area (Å²) in [5.74, 6) is -0.631. The van der Waals surface area contributed by atoms with Crippen LogP contribution in [0.1, 0.15) is 10.4 Å². The van der Waals surface area contributed by atoms with E-state index in [1.807, 2.05) is 0 Å². The number of piperazine rings is 1. The molecule has 1 aliphatic heterocycles. The summed E-state index contributed by atoms with van der Waals surface area (Å²) in [5.41, 5.74) is -0.0267. The molecule has 0 radical (unpaired) electrons. The monoisotopic (exact) mass is 330 g/mol. The molecule has 1 saturated heterocycles. The van der Waals surface area contributed by atoms with E-state index < -0.39 is 10.7 Å². The van der Waals surface area contributed by atoms with E-state index in [0.717, 1.165) is 0 Å². The fraction of sp³-hybridized carbons (Fsp3) is 0.250. The quantitative estimate of drug-likeness (QED) is 0.636. The molecule has 24 heavy (non-hydrogen) atoms. The number of aromatic nitrogens is 1. The Kier molecular flexibility index (Phi) is 4.37. The molecule has 0 atom stereocenters. The summed E-state index contributed by atoms with van der Waals surface area (Å²) in [6.45, 7) is 1.50. The van der Waals surface area contributed by atoms with Gasteiger partial charge in [-0.05, 0) is 18.2 Å². The molecular weight excluding hydrogens is 315 g/mol. The van der Waals surface area contributed by atoms with Gasteiger partial charge in [-0.15, -0.1) is 0 Å². The minimum atomic E-state index is -0.551.